The fourth-order valence-electron chi connectivity index (χ4n) is 2.26. The maximum absolute atomic E-state index is 12.4. The van der Waals surface area contributed by atoms with E-state index in [-0.39, 0.29) is 17.9 Å². The Morgan fingerprint density at radius 3 is 2.65 bits per heavy atom. The number of hydrogen-bond donors (Lipinski definition) is 2. The molecule has 0 unspecified atom stereocenters. The minimum absolute atomic E-state index is 0.0927. The van der Waals surface area contributed by atoms with E-state index in [4.69, 9.17) is 10.6 Å². The molecule has 7 nitrogen and oxygen atoms in total. The van der Waals surface area contributed by atoms with E-state index in [0.717, 1.165) is 10.3 Å². The Balaban J connectivity index is 2.15. The van der Waals surface area contributed by atoms with Gasteiger partial charge in [-0.05, 0) is 17.7 Å². The first-order valence-electron chi connectivity index (χ1n) is 6.79. The van der Waals surface area contributed by atoms with Crippen molar-refractivity contribution in [1.29, 1.82) is 0 Å². The molecule has 116 valence electrons. The summed E-state index contributed by atoms with van der Waals surface area (Å²) < 4.78 is 0.877. The zero-order valence-corrected chi connectivity index (χ0v) is 12.0. The van der Waals surface area contributed by atoms with Crippen molar-refractivity contribution in [3.05, 3.63) is 70.1 Å². The van der Waals surface area contributed by atoms with E-state index in [1.165, 1.54) is 6.20 Å². The molecule has 3 aromatic rings. The van der Waals surface area contributed by atoms with E-state index in [9.17, 15) is 14.7 Å². The average Bonchev–Trinajstić information content (AvgIpc) is 2.55. The highest BCUT2D eigenvalue weighted by atomic mass is 16.7. The number of anilines is 1. The van der Waals surface area contributed by atoms with Crippen LogP contribution < -0.4 is 16.1 Å². The van der Waals surface area contributed by atoms with Gasteiger partial charge < -0.3 is 15.7 Å². The number of pyridine rings is 2. The minimum atomic E-state index is -1.41. The molecule has 0 aliphatic heterocycles. The molecule has 0 bridgehead atoms. The molecule has 2 aromatic heterocycles. The van der Waals surface area contributed by atoms with Crippen LogP contribution in [-0.2, 0) is 6.61 Å². The number of fused-ring (bicyclic) bond motifs is 1. The fraction of sp³-hybridized carbons (Fsp3) is 0.0625. The van der Waals surface area contributed by atoms with Gasteiger partial charge in [0.1, 0.15) is 6.61 Å². The van der Waals surface area contributed by atoms with Crippen LogP contribution in [0.3, 0.4) is 0 Å². The summed E-state index contributed by atoms with van der Waals surface area (Å²) in [5.74, 6) is -1.41. The Morgan fingerprint density at radius 1 is 1.22 bits per heavy atom. The lowest BCUT2D eigenvalue weighted by atomic mass is 10.1. The first-order chi connectivity index (χ1) is 11.1. The van der Waals surface area contributed by atoms with Gasteiger partial charge in [-0.15, -0.1) is 4.73 Å². The average molecular weight is 311 g/mol. The van der Waals surface area contributed by atoms with Gasteiger partial charge in [-0.25, -0.2) is 9.78 Å². The van der Waals surface area contributed by atoms with Crippen LogP contribution in [-0.4, -0.2) is 20.8 Å². The Kier molecular flexibility index (Phi) is 3.68. The highest BCUT2D eigenvalue weighted by Gasteiger charge is 2.21. The lowest BCUT2D eigenvalue weighted by molar-refractivity contribution is 0.0678. The molecular weight excluding hydrogens is 298 g/mol. The topological polar surface area (TPSA) is 107 Å². The Bertz CT molecular complexity index is 935. The van der Waals surface area contributed by atoms with Crippen LogP contribution in [0.25, 0.3) is 11.0 Å². The summed E-state index contributed by atoms with van der Waals surface area (Å²) in [6.45, 7) is 0.0927. The summed E-state index contributed by atoms with van der Waals surface area (Å²) in [5.41, 5.74) is 5.32. The molecule has 23 heavy (non-hydrogen) atoms. The normalized spacial score (nSPS) is 10.6. The molecule has 0 atom stereocenters. The van der Waals surface area contributed by atoms with Crippen molar-refractivity contribution < 1.29 is 14.7 Å². The van der Waals surface area contributed by atoms with Crippen LogP contribution in [0.1, 0.15) is 15.9 Å². The van der Waals surface area contributed by atoms with Gasteiger partial charge in [0.05, 0.1) is 5.69 Å². The number of nitrogen functional groups attached to an aromatic ring is 1. The summed E-state index contributed by atoms with van der Waals surface area (Å²) >= 11 is 0. The number of carbonyl (C=O) groups is 1. The predicted molar refractivity (Wildman–Crippen MR) is 84.1 cm³/mol. The van der Waals surface area contributed by atoms with Crippen molar-refractivity contribution in [2.24, 2.45) is 0 Å². The molecular formula is C16H13N3O4. The number of rotatable bonds is 4. The largest absolute Gasteiger partial charge is 0.477 e. The third-order valence-corrected chi connectivity index (χ3v) is 3.35. The monoisotopic (exact) mass is 311 g/mol. The minimum Gasteiger partial charge on any atom is -0.477 e. The lowest BCUT2D eigenvalue weighted by Gasteiger charge is -2.13. The quantitative estimate of drug-likeness (QED) is 0.752. The van der Waals surface area contributed by atoms with Crippen molar-refractivity contribution in [1.82, 2.24) is 9.71 Å². The van der Waals surface area contributed by atoms with Gasteiger partial charge >= 0.3 is 11.5 Å². The van der Waals surface area contributed by atoms with Crippen molar-refractivity contribution in [3.8, 4) is 0 Å². The molecule has 0 spiro atoms. The van der Waals surface area contributed by atoms with Gasteiger partial charge in [-0.3, -0.25) is 4.79 Å². The highest BCUT2D eigenvalue weighted by molar-refractivity contribution is 6.02. The summed E-state index contributed by atoms with van der Waals surface area (Å²) in [6.07, 6.45) is 1.48. The summed E-state index contributed by atoms with van der Waals surface area (Å²) in [5, 5.41) is 9.59. The van der Waals surface area contributed by atoms with E-state index in [1.807, 2.05) is 30.3 Å². The fourth-order valence-corrected chi connectivity index (χ4v) is 2.26. The second-order valence-corrected chi connectivity index (χ2v) is 4.83. The third-order valence-electron chi connectivity index (χ3n) is 3.35. The van der Waals surface area contributed by atoms with E-state index in [0.29, 0.717) is 5.39 Å². The van der Waals surface area contributed by atoms with Crippen molar-refractivity contribution in [2.75, 3.05) is 5.73 Å². The van der Waals surface area contributed by atoms with E-state index < -0.39 is 17.1 Å². The van der Waals surface area contributed by atoms with Gasteiger partial charge in [0, 0.05) is 11.6 Å². The molecule has 0 saturated carbocycles. The smallest absolute Gasteiger partial charge is 0.343 e. The molecule has 0 amide bonds. The molecule has 0 fully saturated rings. The molecule has 0 radical (unpaired) electrons. The van der Waals surface area contributed by atoms with Crippen molar-refractivity contribution in [3.63, 3.8) is 0 Å². The number of benzene rings is 1. The summed E-state index contributed by atoms with van der Waals surface area (Å²) in [6, 6.07) is 12.4. The standard InChI is InChI=1S/C16H13N3O4/c17-13-11-7-4-8-18-14(11)19(15(20)12(13)16(21)22)23-9-10-5-2-1-3-6-10/h1-8H,9,17H2,(H,21,22). The van der Waals surface area contributed by atoms with Gasteiger partial charge in [-0.2, -0.15) is 0 Å². The Morgan fingerprint density at radius 2 is 1.96 bits per heavy atom. The maximum atomic E-state index is 12.4. The third kappa shape index (κ3) is 2.59. The van der Waals surface area contributed by atoms with Gasteiger partial charge in [-0.1, -0.05) is 30.3 Å². The van der Waals surface area contributed by atoms with Gasteiger partial charge in [0.25, 0.3) is 0 Å². The number of aromatic nitrogens is 2. The molecule has 0 aliphatic rings. The van der Waals surface area contributed by atoms with Gasteiger partial charge in [0.2, 0.25) is 0 Å². The van der Waals surface area contributed by atoms with Crippen LogP contribution in [0.15, 0.2) is 53.5 Å². The van der Waals surface area contributed by atoms with Crippen LogP contribution >= 0.6 is 0 Å². The van der Waals surface area contributed by atoms with Crippen LogP contribution in [0.5, 0.6) is 0 Å². The number of carboxylic acids is 1. The van der Waals surface area contributed by atoms with Crippen LogP contribution in [0.4, 0.5) is 5.69 Å². The first-order valence-corrected chi connectivity index (χ1v) is 6.79. The molecule has 0 aliphatic carbocycles. The Hall–Kier alpha value is -3.35. The summed E-state index contributed by atoms with van der Waals surface area (Å²) in [7, 11) is 0. The summed E-state index contributed by atoms with van der Waals surface area (Å²) in [4.78, 5) is 33.3. The first kappa shape index (κ1) is 14.6. The molecule has 2 heterocycles. The zero-order chi connectivity index (χ0) is 16.4. The maximum Gasteiger partial charge on any atom is 0.343 e. The number of nitrogens with zero attached hydrogens (tertiary/aromatic N) is 2. The zero-order valence-electron chi connectivity index (χ0n) is 12.0. The molecule has 3 N–H and O–H groups in total. The van der Waals surface area contributed by atoms with Crippen molar-refractivity contribution >= 4 is 22.7 Å². The van der Waals surface area contributed by atoms with Crippen LogP contribution in [0, 0.1) is 0 Å². The van der Waals surface area contributed by atoms with Crippen LogP contribution in [0.2, 0.25) is 0 Å². The predicted octanol–water partition coefficient (Wildman–Crippen LogP) is 1.31. The highest BCUT2D eigenvalue weighted by Crippen LogP contribution is 2.20. The number of carboxylic acid groups (broad SMARTS) is 1. The lowest BCUT2D eigenvalue weighted by Crippen LogP contribution is -2.33. The number of aromatic carboxylic acids is 1. The second-order valence-electron chi connectivity index (χ2n) is 4.83. The second kappa shape index (κ2) is 5.80. The van der Waals surface area contributed by atoms with E-state index in [2.05, 4.69) is 4.98 Å². The molecule has 0 saturated heterocycles. The van der Waals surface area contributed by atoms with Crippen molar-refractivity contribution in [2.45, 2.75) is 6.61 Å². The van der Waals surface area contributed by atoms with Gasteiger partial charge in [0.15, 0.2) is 11.2 Å². The number of hydrogen-bond acceptors (Lipinski definition) is 5. The molecule has 3 rings (SSSR count). The van der Waals surface area contributed by atoms with E-state index in [1.54, 1.807) is 12.1 Å². The Labute approximate surface area is 130 Å². The SMILES string of the molecule is Nc1c(C(=O)O)c(=O)n(OCc2ccccc2)c2ncccc12. The number of nitrogens with two attached hydrogens (primary N) is 1. The molecule has 7 heteroatoms. The van der Waals surface area contributed by atoms with E-state index >= 15 is 0 Å². The molecule has 1 aromatic carbocycles.